The van der Waals surface area contributed by atoms with Crippen LogP contribution in [-0.2, 0) is 22.6 Å². The van der Waals surface area contributed by atoms with E-state index in [0.717, 1.165) is 11.1 Å². The van der Waals surface area contributed by atoms with Gasteiger partial charge in [0, 0.05) is 18.5 Å². The van der Waals surface area contributed by atoms with E-state index in [9.17, 15) is 19.5 Å². The first-order valence-corrected chi connectivity index (χ1v) is 8.07. The van der Waals surface area contributed by atoms with E-state index in [2.05, 4.69) is 0 Å². The molecule has 0 radical (unpaired) electrons. The molecule has 134 valence electrons. The van der Waals surface area contributed by atoms with Crippen LogP contribution in [0.1, 0.15) is 21.5 Å². The van der Waals surface area contributed by atoms with E-state index in [4.69, 9.17) is 10.5 Å². The number of aliphatic carboxylic acids is 1. The fraction of sp³-hybridized carbons (Fsp3) is 0.211. The Morgan fingerprint density at radius 3 is 2.35 bits per heavy atom. The normalized spacial score (nSPS) is 15.8. The largest absolute Gasteiger partial charge is 0.484 e. The van der Waals surface area contributed by atoms with E-state index in [-0.39, 0.29) is 25.5 Å². The summed E-state index contributed by atoms with van der Waals surface area (Å²) in [5.41, 5.74) is 7.26. The first-order valence-electron chi connectivity index (χ1n) is 8.07. The van der Waals surface area contributed by atoms with Gasteiger partial charge in [-0.2, -0.15) is 0 Å². The molecule has 0 saturated carbocycles. The van der Waals surface area contributed by atoms with Gasteiger partial charge in [0.15, 0.2) is 6.61 Å². The fourth-order valence-corrected chi connectivity index (χ4v) is 2.97. The van der Waals surface area contributed by atoms with Crippen LogP contribution in [0.5, 0.6) is 5.75 Å². The second kappa shape index (κ2) is 7.26. The number of carbonyl (C=O) groups is 3. The van der Waals surface area contributed by atoms with Crippen molar-refractivity contribution in [3.8, 4) is 5.75 Å². The van der Waals surface area contributed by atoms with E-state index in [0.29, 0.717) is 11.3 Å². The van der Waals surface area contributed by atoms with Gasteiger partial charge in [-0.1, -0.05) is 24.3 Å². The van der Waals surface area contributed by atoms with Crippen molar-refractivity contribution in [2.24, 2.45) is 5.73 Å². The molecule has 0 aromatic heterocycles. The van der Waals surface area contributed by atoms with E-state index >= 15 is 0 Å². The van der Waals surface area contributed by atoms with E-state index in [1.807, 2.05) is 24.3 Å². The number of carboxylic acid groups (broad SMARTS) is 1. The second-order valence-electron chi connectivity index (χ2n) is 6.04. The van der Waals surface area contributed by atoms with Crippen LogP contribution in [-0.4, -0.2) is 40.4 Å². The lowest BCUT2D eigenvalue weighted by molar-refractivity contribution is -0.142. The highest BCUT2D eigenvalue weighted by Gasteiger charge is 2.34. The summed E-state index contributed by atoms with van der Waals surface area (Å²) in [6.45, 7) is -0.0107. The lowest BCUT2D eigenvalue weighted by Gasteiger charge is -2.34. The summed E-state index contributed by atoms with van der Waals surface area (Å²) < 4.78 is 5.16. The van der Waals surface area contributed by atoms with Gasteiger partial charge in [0.05, 0.1) is 0 Å². The average molecular weight is 354 g/mol. The summed E-state index contributed by atoms with van der Waals surface area (Å²) in [7, 11) is 0. The molecule has 1 aliphatic heterocycles. The predicted octanol–water partition coefficient (Wildman–Crippen LogP) is 1.20. The van der Waals surface area contributed by atoms with Crippen LogP contribution in [0.3, 0.4) is 0 Å². The van der Waals surface area contributed by atoms with E-state index < -0.39 is 17.9 Å². The molecule has 2 amide bonds. The number of carbonyl (C=O) groups excluding carboxylic acids is 2. The zero-order valence-electron chi connectivity index (χ0n) is 13.9. The molecule has 3 rings (SSSR count). The number of ether oxygens (including phenoxy) is 1. The topological polar surface area (TPSA) is 110 Å². The van der Waals surface area contributed by atoms with Crippen molar-refractivity contribution in [3.63, 3.8) is 0 Å². The van der Waals surface area contributed by atoms with Gasteiger partial charge in [-0.3, -0.25) is 9.59 Å². The quantitative estimate of drug-likeness (QED) is 0.838. The molecule has 1 heterocycles. The zero-order chi connectivity index (χ0) is 18.7. The molecule has 3 N–H and O–H groups in total. The van der Waals surface area contributed by atoms with Crippen LogP contribution in [0.4, 0.5) is 0 Å². The molecule has 26 heavy (non-hydrogen) atoms. The predicted molar refractivity (Wildman–Crippen MR) is 92.6 cm³/mol. The van der Waals surface area contributed by atoms with Crippen molar-refractivity contribution in [3.05, 3.63) is 65.2 Å². The Balaban J connectivity index is 1.81. The molecule has 2 aromatic rings. The number of primary amides is 1. The van der Waals surface area contributed by atoms with Crippen molar-refractivity contribution in [2.45, 2.75) is 19.0 Å². The highest BCUT2D eigenvalue weighted by atomic mass is 16.5. The molecule has 0 saturated heterocycles. The summed E-state index contributed by atoms with van der Waals surface area (Å²) in [6, 6.07) is 12.8. The number of nitrogens with zero attached hydrogens (tertiary/aromatic N) is 1. The van der Waals surface area contributed by atoms with E-state index in [1.54, 1.807) is 12.1 Å². The lowest BCUT2D eigenvalue weighted by atomic mass is 9.93. The molecule has 1 atom stereocenters. The molecule has 1 unspecified atom stereocenters. The smallest absolute Gasteiger partial charge is 0.326 e. The minimum Gasteiger partial charge on any atom is -0.484 e. The monoisotopic (exact) mass is 354 g/mol. The molecular weight excluding hydrogens is 336 g/mol. The summed E-state index contributed by atoms with van der Waals surface area (Å²) >= 11 is 0. The number of hydrogen-bond donors (Lipinski definition) is 2. The summed E-state index contributed by atoms with van der Waals surface area (Å²) in [6.07, 6.45) is 0.275. The minimum atomic E-state index is -1.03. The Kier molecular flexibility index (Phi) is 4.88. The Morgan fingerprint density at radius 2 is 1.73 bits per heavy atom. The second-order valence-corrected chi connectivity index (χ2v) is 6.04. The number of rotatable bonds is 5. The Hall–Kier alpha value is -3.35. The van der Waals surface area contributed by atoms with Gasteiger partial charge in [0.2, 0.25) is 0 Å². The molecule has 7 heteroatoms. The fourth-order valence-electron chi connectivity index (χ4n) is 2.97. The highest BCUT2D eigenvalue weighted by molar-refractivity contribution is 5.97. The van der Waals surface area contributed by atoms with Crippen molar-refractivity contribution in [2.75, 3.05) is 6.61 Å². The van der Waals surface area contributed by atoms with Crippen LogP contribution in [0, 0.1) is 0 Å². The number of hydrogen-bond acceptors (Lipinski definition) is 4. The third kappa shape index (κ3) is 3.66. The van der Waals surface area contributed by atoms with Crippen LogP contribution in [0.15, 0.2) is 48.5 Å². The minimum absolute atomic E-state index is 0.242. The third-order valence-corrected chi connectivity index (χ3v) is 4.28. The molecule has 0 spiro atoms. The molecule has 0 bridgehead atoms. The Bertz CT molecular complexity index is 847. The summed E-state index contributed by atoms with van der Waals surface area (Å²) in [5, 5.41) is 9.54. The van der Waals surface area contributed by atoms with Crippen LogP contribution >= 0.6 is 0 Å². The lowest BCUT2D eigenvalue weighted by Crippen LogP contribution is -2.48. The van der Waals surface area contributed by atoms with Crippen molar-refractivity contribution in [1.82, 2.24) is 4.90 Å². The first-order chi connectivity index (χ1) is 12.5. The SMILES string of the molecule is NC(=O)COc1ccc(C(=O)N2Cc3ccccc3CC2C(=O)O)cc1. The van der Waals surface area contributed by atoms with Gasteiger partial charge in [-0.25, -0.2) is 4.79 Å². The molecule has 7 nitrogen and oxygen atoms in total. The van der Waals surface area contributed by atoms with Gasteiger partial charge in [0.25, 0.3) is 11.8 Å². The van der Waals surface area contributed by atoms with Gasteiger partial charge in [-0.05, 0) is 35.4 Å². The van der Waals surface area contributed by atoms with Crippen molar-refractivity contribution in [1.29, 1.82) is 0 Å². The Morgan fingerprint density at radius 1 is 1.08 bits per heavy atom. The Labute approximate surface area is 150 Å². The van der Waals surface area contributed by atoms with Crippen molar-refractivity contribution >= 4 is 17.8 Å². The third-order valence-electron chi connectivity index (χ3n) is 4.28. The number of carboxylic acids is 1. The van der Waals surface area contributed by atoms with Gasteiger partial charge >= 0.3 is 5.97 Å². The number of fused-ring (bicyclic) bond motifs is 1. The number of benzene rings is 2. The maximum atomic E-state index is 12.8. The average Bonchev–Trinajstić information content (AvgIpc) is 2.65. The highest BCUT2D eigenvalue weighted by Crippen LogP contribution is 2.25. The van der Waals surface area contributed by atoms with Crippen molar-refractivity contribution < 1.29 is 24.2 Å². The molecule has 1 aliphatic rings. The van der Waals surface area contributed by atoms with Crippen LogP contribution < -0.4 is 10.5 Å². The van der Waals surface area contributed by atoms with Gasteiger partial charge < -0.3 is 20.5 Å². The molecular formula is C19H18N2O5. The van der Waals surface area contributed by atoms with Gasteiger partial charge in [-0.15, -0.1) is 0 Å². The number of nitrogens with two attached hydrogens (primary N) is 1. The molecule has 0 aliphatic carbocycles. The summed E-state index contributed by atoms with van der Waals surface area (Å²) in [5.74, 6) is -1.59. The van der Waals surface area contributed by atoms with Gasteiger partial charge in [0.1, 0.15) is 11.8 Å². The first kappa shape index (κ1) is 17.5. The molecule has 2 aromatic carbocycles. The maximum Gasteiger partial charge on any atom is 0.326 e. The van der Waals surface area contributed by atoms with Crippen LogP contribution in [0.25, 0.3) is 0 Å². The number of amides is 2. The van der Waals surface area contributed by atoms with Crippen LogP contribution in [0.2, 0.25) is 0 Å². The molecule has 0 fully saturated rings. The van der Waals surface area contributed by atoms with E-state index in [1.165, 1.54) is 17.0 Å². The standard InChI is InChI=1S/C19H18N2O5/c20-17(22)11-26-15-7-5-12(6-8-15)18(23)21-10-14-4-2-1-3-13(14)9-16(21)19(24)25/h1-8,16H,9-11H2,(H2,20,22)(H,24,25). The summed E-state index contributed by atoms with van der Waals surface area (Å²) in [4.78, 5) is 36.6. The zero-order valence-corrected chi connectivity index (χ0v) is 13.9. The maximum absolute atomic E-state index is 12.8.